The van der Waals surface area contributed by atoms with E-state index in [4.69, 9.17) is 33.8 Å². The van der Waals surface area contributed by atoms with Gasteiger partial charge in [-0.25, -0.2) is 24.9 Å². The van der Waals surface area contributed by atoms with Crippen LogP contribution in [-0.2, 0) is 0 Å². The smallest absolute Gasteiger partial charge is 0.227 e. The van der Waals surface area contributed by atoms with Crippen LogP contribution in [0, 0.1) is 0 Å². The van der Waals surface area contributed by atoms with Gasteiger partial charge < -0.3 is 8.83 Å². The molecule has 8 heteroatoms. The van der Waals surface area contributed by atoms with Crippen molar-refractivity contribution in [2.45, 2.75) is 0 Å². The summed E-state index contributed by atoms with van der Waals surface area (Å²) in [5.41, 5.74) is 6.99. The van der Waals surface area contributed by atoms with Gasteiger partial charge in [-0.15, -0.1) is 0 Å². The average molecular weight is 545 g/mol. The third-order valence-corrected chi connectivity index (χ3v) is 6.89. The Bertz CT molecular complexity index is 2060. The topological polar surface area (TPSA) is 104 Å². The van der Waals surface area contributed by atoms with Crippen LogP contribution in [0.25, 0.3) is 79.3 Å². The number of pyridine rings is 1. The molecule has 0 amide bonds. The van der Waals surface area contributed by atoms with Gasteiger partial charge in [-0.1, -0.05) is 36.4 Å². The fourth-order valence-corrected chi connectivity index (χ4v) is 4.80. The molecule has 0 spiro atoms. The molecule has 42 heavy (non-hydrogen) atoms. The number of hydrogen-bond donors (Lipinski definition) is 0. The van der Waals surface area contributed by atoms with Crippen LogP contribution >= 0.6 is 0 Å². The second-order valence-corrected chi connectivity index (χ2v) is 9.68. The average Bonchev–Trinajstić information content (AvgIpc) is 3.70. The van der Waals surface area contributed by atoms with Gasteiger partial charge in [0.05, 0.1) is 0 Å². The van der Waals surface area contributed by atoms with Crippen LogP contribution < -0.4 is 0 Å². The highest BCUT2D eigenvalue weighted by atomic mass is 16.4. The Hall–Kier alpha value is -6.02. The molecule has 4 aromatic carbocycles. The van der Waals surface area contributed by atoms with Gasteiger partial charge in [0.15, 0.2) is 28.6 Å². The lowest BCUT2D eigenvalue weighted by Gasteiger charge is -2.08. The molecule has 0 fully saturated rings. The summed E-state index contributed by atoms with van der Waals surface area (Å²) in [6, 6.07) is 35.0. The molecule has 0 bridgehead atoms. The van der Waals surface area contributed by atoms with Crippen LogP contribution in [-0.4, -0.2) is 29.9 Å². The first-order valence-corrected chi connectivity index (χ1v) is 13.4. The van der Waals surface area contributed by atoms with Crippen LogP contribution in [0.15, 0.2) is 130 Å². The third kappa shape index (κ3) is 4.37. The minimum absolute atomic E-state index is 0.509. The quantitative estimate of drug-likeness (QED) is 0.215. The van der Waals surface area contributed by atoms with Crippen molar-refractivity contribution in [1.82, 2.24) is 29.9 Å². The molecular weight excluding hydrogens is 524 g/mol. The molecule has 0 aliphatic rings. The van der Waals surface area contributed by atoms with Gasteiger partial charge in [0.25, 0.3) is 0 Å². The van der Waals surface area contributed by atoms with Crippen molar-refractivity contribution in [1.29, 1.82) is 0 Å². The Kier molecular flexibility index (Phi) is 5.60. The Morgan fingerprint density at radius 2 is 0.881 bits per heavy atom. The lowest BCUT2D eigenvalue weighted by Crippen LogP contribution is -2.00. The van der Waals surface area contributed by atoms with E-state index in [1.807, 2.05) is 109 Å². The molecule has 0 radical (unpaired) electrons. The predicted molar refractivity (Wildman–Crippen MR) is 160 cm³/mol. The zero-order valence-corrected chi connectivity index (χ0v) is 22.0. The number of fused-ring (bicyclic) bond motifs is 2. The predicted octanol–water partition coefficient (Wildman–Crippen LogP) is 7.88. The van der Waals surface area contributed by atoms with Crippen molar-refractivity contribution in [2.24, 2.45) is 0 Å². The first kappa shape index (κ1) is 23.8. The third-order valence-electron chi connectivity index (χ3n) is 6.89. The standard InChI is InChI=1S/C34H20N6O2/c1-3-8-21(9-4-1)33-36-26-18-23(13-15-28(26)41-33)30-38-31(40-32(39-30)25-12-7-17-35-20-25)24-14-16-29-27(19-24)37-34(42-29)22-10-5-2-6-11-22/h1-20H. The Labute approximate surface area is 239 Å². The number of oxazole rings is 2. The highest BCUT2D eigenvalue weighted by molar-refractivity contribution is 5.83. The molecule has 0 saturated carbocycles. The normalized spacial score (nSPS) is 11.3. The zero-order valence-electron chi connectivity index (χ0n) is 22.0. The van der Waals surface area contributed by atoms with E-state index < -0.39 is 0 Å². The molecule has 0 atom stereocenters. The molecule has 0 aliphatic carbocycles. The summed E-state index contributed by atoms with van der Waals surface area (Å²) >= 11 is 0. The van der Waals surface area contributed by atoms with E-state index in [0.29, 0.717) is 51.5 Å². The monoisotopic (exact) mass is 544 g/mol. The Morgan fingerprint density at radius 1 is 0.405 bits per heavy atom. The fraction of sp³-hybridized carbons (Fsp3) is 0. The highest BCUT2D eigenvalue weighted by Crippen LogP contribution is 2.31. The van der Waals surface area contributed by atoms with Crippen molar-refractivity contribution in [3.05, 3.63) is 122 Å². The minimum atomic E-state index is 0.509. The van der Waals surface area contributed by atoms with Crippen LogP contribution in [0.2, 0.25) is 0 Å². The van der Waals surface area contributed by atoms with E-state index in [1.165, 1.54) is 0 Å². The van der Waals surface area contributed by atoms with Gasteiger partial charge in [0, 0.05) is 40.2 Å². The van der Waals surface area contributed by atoms with Crippen LogP contribution in [0.5, 0.6) is 0 Å². The van der Waals surface area contributed by atoms with Crippen molar-refractivity contribution < 1.29 is 8.83 Å². The molecule has 8 rings (SSSR count). The summed E-state index contributed by atoms with van der Waals surface area (Å²) in [6.45, 7) is 0. The highest BCUT2D eigenvalue weighted by Gasteiger charge is 2.16. The summed E-state index contributed by atoms with van der Waals surface area (Å²) in [5.74, 6) is 2.65. The molecule has 8 aromatic rings. The van der Waals surface area contributed by atoms with Crippen molar-refractivity contribution >= 4 is 22.2 Å². The van der Waals surface area contributed by atoms with Crippen molar-refractivity contribution in [2.75, 3.05) is 0 Å². The molecule has 4 aromatic heterocycles. The summed E-state index contributed by atoms with van der Waals surface area (Å²) in [7, 11) is 0. The van der Waals surface area contributed by atoms with E-state index in [9.17, 15) is 0 Å². The van der Waals surface area contributed by atoms with Crippen molar-refractivity contribution in [3.63, 3.8) is 0 Å². The number of rotatable bonds is 5. The molecular formula is C34H20N6O2. The molecule has 0 saturated heterocycles. The maximum Gasteiger partial charge on any atom is 0.227 e. The molecule has 4 heterocycles. The number of nitrogens with zero attached hydrogens (tertiary/aromatic N) is 6. The van der Waals surface area contributed by atoms with Gasteiger partial charge in [-0.05, 0) is 72.8 Å². The van der Waals surface area contributed by atoms with E-state index in [1.54, 1.807) is 12.4 Å². The summed E-state index contributed by atoms with van der Waals surface area (Å²) < 4.78 is 12.0. The fourth-order valence-electron chi connectivity index (χ4n) is 4.80. The van der Waals surface area contributed by atoms with Gasteiger partial charge in [0.2, 0.25) is 11.8 Å². The van der Waals surface area contributed by atoms with E-state index >= 15 is 0 Å². The number of hydrogen-bond acceptors (Lipinski definition) is 8. The number of aromatic nitrogens is 6. The van der Waals surface area contributed by atoms with E-state index in [-0.39, 0.29) is 0 Å². The largest absolute Gasteiger partial charge is 0.436 e. The SMILES string of the molecule is c1ccc(-c2nc3cc(-c4nc(-c5cccnc5)nc(-c5ccc6oc(-c7ccccc7)nc6c5)n4)ccc3o2)cc1. The van der Waals surface area contributed by atoms with E-state index in [2.05, 4.69) is 4.98 Å². The van der Waals surface area contributed by atoms with Gasteiger partial charge in [-0.2, -0.15) is 0 Å². The molecule has 198 valence electrons. The van der Waals surface area contributed by atoms with Crippen LogP contribution in [0.4, 0.5) is 0 Å². The first-order valence-electron chi connectivity index (χ1n) is 13.4. The van der Waals surface area contributed by atoms with Gasteiger partial charge in [-0.3, -0.25) is 4.98 Å². The molecule has 0 N–H and O–H groups in total. The summed E-state index contributed by atoms with van der Waals surface area (Å²) in [4.78, 5) is 28.2. The van der Waals surface area contributed by atoms with Crippen LogP contribution in [0.1, 0.15) is 0 Å². The molecule has 8 nitrogen and oxygen atoms in total. The Balaban J connectivity index is 1.24. The first-order chi connectivity index (χ1) is 20.8. The van der Waals surface area contributed by atoms with E-state index in [0.717, 1.165) is 27.8 Å². The lowest BCUT2D eigenvalue weighted by molar-refractivity contribution is 0.619. The Morgan fingerprint density at radius 3 is 1.36 bits per heavy atom. The lowest BCUT2D eigenvalue weighted by atomic mass is 10.1. The van der Waals surface area contributed by atoms with Crippen LogP contribution in [0.3, 0.4) is 0 Å². The molecule has 0 aliphatic heterocycles. The summed E-state index contributed by atoms with van der Waals surface area (Å²) in [5, 5.41) is 0. The number of benzene rings is 4. The minimum Gasteiger partial charge on any atom is -0.436 e. The zero-order chi connectivity index (χ0) is 27.9. The van der Waals surface area contributed by atoms with Crippen molar-refractivity contribution in [3.8, 4) is 57.1 Å². The van der Waals surface area contributed by atoms with Gasteiger partial charge in [0.1, 0.15) is 11.0 Å². The second kappa shape index (κ2) is 9.87. The second-order valence-electron chi connectivity index (χ2n) is 9.68. The summed E-state index contributed by atoms with van der Waals surface area (Å²) in [6.07, 6.45) is 3.46. The maximum atomic E-state index is 6.02. The molecule has 0 unspecified atom stereocenters. The maximum absolute atomic E-state index is 6.02. The van der Waals surface area contributed by atoms with Gasteiger partial charge >= 0.3 is 0 Å².